The van der Waals surface area contributed by atoms with Crippen LogP contribution in [0.25, 0.3) is 11.0 Å². The van der Waals surface area contributed by atoms with Gasteiger partial charge >= 0.3 is 11.1 Å². The van der Waals surface area contributed by atoms with Gasteiger partial charge in [-0.3, -0.25) is 9.59 Å². The van der Waals surface area contributed by atoms with Gasteiger partial charge in [-0.2, -0.15) is 4.31 Å². The lowest BCUT2D eigenvalue weighted by Gasteiger charge is -2.23. The molecule has 0 radical (unpaired) electrons. The molecule has 0 saturated heterocycles. The lowest BCUT2D eigenvalue weighted by Crippen LogP contribution is -2.39. The van der Waals surface area contributed by atoms with Crippen molar-refractivity contribution in [1.82, 2.24) is 13.4 Å². The Balaban J connectivity index is 1.77. The highest BCUT2D eigenvalue weighted by Crippen LogP contribution is 2.22. The number of hydrogen-bond acceptors (Lipinski definition) is 4. The molecule has 33 heavy (non-hydrogen) atoms. The first-order valence-electron chi connectivity index (χ1n) is 10.6. The Labute approximate surface area is 192 Å². The quantitative estimate of drug-likeness (QED) is 0.395. The number of rotatable bonds is 7. The second-order valence-corrected chi connectivity index (χ2v) is 9.88. The van der Waals surface area contributed by atoms with Crippen LogP contribution in [-0.4, -0.2) is 28.4 Å². The van der Waals surface area contributed by atoms with Crippen molar-refractivity contribution in [3.8, 4) is 0 Å². The zero-order valence-corrected chi connectivity index (χ0v) is 19.3. The first kappa shape index (κ1) is 22.7. The third-order valence-corrected chi connectivity index (χ3v) is 7.64. The van der Waals surface area contributed by atoms with E-state index in [0.29, 0.717) is 24.0 Å². The van der Waals surface area contributed by atoms with Gasteiger partial charge in [0, 0.05) is 27.2 Å². The van der Waals surface area contributed by atoms with E-state index in [1.807, 2.05) is 60.7 Å². The second kappa shape index (κ2) is 9.17. The lowest BCUT2D eigenvalue weighted by molar-refractivity contribution is 0.409. The SMILES string of the molecule is Cn1c(=O)c(=O)n(C)c2cc(S(=O)(=O)N(CCc3ccccc3)Cc3ccccc3)ccc21. The molecule has 0 unspecified atom stereocenters. The number of hydrogen-bond donors (Lipinski definition) is 0. The summed E-state index contributed by atoms with van der Waals surface area (Å²) in [7, 11) is -0.909. The molecule has 1 aromatic heterocycles. The maximum Gasteiger partial charge on any atom is 0.316 e. The summed E-state index contributed by atoms with van der Waals surface area (Å²) in [6.07, 6.45) is 0.563. The third-order valence-electron chi connectivity index (χ3n) is 5.79. The van der Waals surface area contributed by atoms with Crippen LogP contribution in [0.4, 0.5) is 0 Å². The Bertz CT molecular complexity index is 1510. The van der Waals surface area contributed by atoms with Crippen molar-refractivity contribution in [2.24, 2.45) is 14.1 Å². The van der Waals surface area contributed by atoms with Crippen molar-refractivity contribution in [2.75, 3.05) is 6.54 Å². The van der Waals surface area contributed by atoms with Crippen LogP contribution in [-0.2, 0) is 37.1 Å². The zero-order valence-electron chi connectivity index (χ0n) is 18.5. The minimum atomic E-state index is -3.88. The van der Waals surface area contributed by atoms with Crippen LogP contribution in [0.3, 0.4) is 0 Å². The van der Waals surface area contributed by atoms with E-state index in [1.54, 1.807) is 6.07 Å². The van der Waals surface area contributed by atoms with Gasteiger partial charge in [-0.1, -0.05) is 60.7 Å². The third kappa shape index (κ3) is 4.53. The molecule has 7 nitrogen and oxygen atoms in total. The van der Waals surface area contributed by atoms with Crippen molar-refractivity contribution in [3.05, 3.63) is 111 Å². The van der Waals surface area contributed by atoms with E-state index in [4.69, 9.17) is 0 Å². The van der Waals surface area contributed by atoms with Crippen LogP contribution in [0, 0.1) is 0 Å². The Morgan fingerprint density at radius 1 is 0.727 bits per heavy atom. The number of aromatic nitrogens is 2. The molecule has 0 aliphatic carbocycles. The standard InChI is InChI=1S/C25H25N3O4S/c1-26-22-14-13-21(17-23(22)27(2)25(30)24(26)29)33(31,32)28(18-20-11-7-4-8-12-20)16-15-19-9-5-3-6-10-19/h3-14,17H,15-16,18H2,1-2H3. The summed E-state index contributed by atoms with van der Waals surface area (Å²) in [5, 5.41) is 0. The summed E-state index contributed by atoms with van der Waals surface area (Å²) in [4.78, 5) is 24.5. The van der Waals surface area contributed by atoms with Gasteiger partial charge in [0.25, 0.3) is 0 Å². The molecule has 0 aliphatic heterocycles. The fourth-order valence-corrected chi connectivity index (χ4v) is 5.29. The summed E-state index contributed by atoms with van der Waals surface area (Å²) >= 11 is 0. The van der Waals surface area contributed by atoms with E-state index < -0.39 is 21.1 Å². The van der Waals surface area contributed by atoms with Gasteiger partial charge in [-0.25, -0.2) is 8.42 Å². The predicted molar refractivity (Wildman–Crippen MR) is 129 cm³/mol. The molecular weight excluding hydrogens is 438 g/mol. The molecule has 0 bridgehead atoms. The highest BCUT2D eigenvalue weighted by molar-refractivity contribution is 7.89. The van der Waals surface area contributed by atoms with Crippen LogP contribution >= 0.6 is 0 Å². The minimum absolute atomic E-state index is 0.0765. The fourth-order valence-electron chi connectivity index (χ4n) is 3.84. The molecular formula is C25H25N3O4S. The highest BCUT2D eigenvalue weighted by atomic mass is 32.2. The summed E-state index contributed by atoms with van der Waals surface area (Å²) in [6.45, 7) is 0.520. The molecule has 0 saturated carbocycles. The normalized spacial score (nSPS) is 11.8. The molecule has 4 rings (SSSR count). The second-order valence-electron chi connectivity index (χ2n) is 7.94. The Kier molecular flexibility index (Phi) is 6.31. The summed E-state index contributed by atoms with van der Waals surface area (Å²) < 4.78 is 31.3. The number of aryl methyl sites for hydroxylation is 2. The predicted octanol–water partition coefficient (Wildman–Crippen LogP) is 2.67. The zero-order chi connectivity index (χ0) is 23.6. The van der Waals surface area contributed by atoms with E-state index in [9.17, 15) is 18.0 Å². The average Bonchev–Trinajstić information content (AvgIpc) is 2.84. The summed E-state index contributed by atoms with van der Waals surface area (Å²) in [5.41, 5.74) is 1.43. The topological polar surface area (TPSA) is 81.4 Å². The maximum absolute atomic E-state index is 13.7. The van der Waals surface area contributed by atoms with E-state index in [0.717, 1.165) is 11.1 Å². The van der Waals surface area contributed by atoms with Gasteiger partial charge in [0.15, 0.2) is 0 Å². The van der Waals surface area contributed by atoms with Crippen molar-refractivity contribution in [3.63, 3.8) is 0 Å². The Morgan fingerprint density at radius 2 is 1.27 bits per heavy atom. The van der Waals surface area contributed by atoms with Gasteiger partial charge < -0.3 is 9.13 Å². The molecule has 0 fully saturated rings. The molecule has 0 aliphatic rings. The van der Waals surface area contributed by atoms with E-state index in [2.05, 4.69) is 0 Å². The number of sulfonamides is 1. The average molecular weight is 464 g/mol. The summed E-state index contributed by atoms with van der Waals surface area (Å²) in [5.74, 6) is 0. The molecule has 0 spiro atoms. The molecule has 0 amide bonds. The molecule has 8 heteroatoms. The Hall–Kier alpha value is -3.49. The molecule has 0 N–H and O–H groups in total. The number of benzene rings is 3. The highest BCUT2D eigenvalue weighted by Gasteiger charge is 2.25. The van der Waals surface area contributed by atoms with Crippen molar-refractivity contribution in [1.29, 1.82) is 0 Å². The lowest BCUT2D eigenvalue weighted by atomic mass is 10.1. The van der Waals surface area contributed by atoms with Gasteiger partial charge in [0.05, 0.1) is 15.9 Å². The van der Waals surface area contributed by atoms with Crippen LogP contribution in [0.5, 0.6) is 0 Å². The summed E-state index contributed by atoms with van der Waals surface area (Å²) in [6, 6.07) is 23.7. The van der Waals surface area contributed by atoms with Crippen molar-refractivity contribution >= 4 is 21.1 Å². The van der Waals surface area contributed by atoms with Crippen LogP contribution in [0.15, 0.2) is 93.3 Å². The van der Waals surface area contributed by atoms with E-state index >= 15 is 0 Å². The van der Waals surface area contributed by atoms with Gasteiger partial charge in [-0.05, 0) is 35.7 Å². The molecule has 0 atom stereocenters. The van der Waals surface area contributed by atoms with Crippen molar-refractivity contribution in [2.45, 2.75) is 17.9 Å². The molecule has 3 aromatic carbocycles. The van der Waals surface area contributed by atoms with Gasteiger partial charge in [0.1, 0.15) is 0 Å². The first-order chi connectivity index (χ1) is 15.8. The molecule has 4 aromatic rings. The molecule has 1 heterocycles. The first-order valence-corrected chi connectivity index (χ1v) is 12.0. The van der Waals surface area contributed by atoms with Crippen molar-refractivity contribution < 1.29 is 8.42 Å². The van der Waals surface area contributed by atoms with Gasteiger partial charge in [0.2, 0.25) is 10.0 Å². The maximum atomic E-state index is 13.7. The largest absolute Gasteiger partial charge is 0.316 e. The number of fused-ring (bicyclic) bond motifs is 1. The molecule has 170 valence electrons. The Morgan fingerprint density at radius 3 is 1.88 bits per heavy atom. The monoisotopic (exact) mass is 463 g/mol. The van der Waals surface area contributed by atoms with Crippen LogP contribution in [0.1, 0.15) is 11.1 Å². The fraction of sp³-hybridized carbons (Fsp3) is 0.200. The van der Waals surface area contributed by atoms with E-state index in [-0.39, 0.29) is 11.4 Å². The van der Waals surface area contributed by atoms with E-state index in [1.165, 1.54) is 39.7 Å². The van der Waals surface area contributed by atoms with Crippen LogP contribution < -0.4 is 11.1 Å². The number of nitrogens with zero attached hydrogens (tertiary/aromatic N) is 3. The van der Waals surface area contributed by atoms with Crippen LogP contribution in [0.2, 0.25) is 0 Å². The smallest absolute Gasteiger partial charge is 0.305 e. The van der Waals surface area contributed by atoms with Gasteiger partial charge in [-0.15, -0.1) is 0 Å². The minimum Gasteiger partial charge on any atom is -0.305 e.